The second-order valence-corrected chi connectivity index (χ2v) is 9.60. The Hall–Kier alpha value is -3.49. The van der Waals surface area contributed by atoms with Crippen LogP contribution >= 0.6 is 0 Å². The first-order valence-corrected chi connectivity index (χ1v) is 12.0. The van der Waals surface area contributed by atoms with Crippen LogP contribution in [0.2, 0.25) is 0 Å². The number of halogens is 2. The Morgan fingerprint density at radius 1 is 1.03 bits per heavy atom. The number of hydrogen-bond acceptors (Lipinski definition) is 5. The number of aliphatic hydroxyl groups is 1. The first-order chi connectivity index (χ1) is 17.7. The van der Waals surface area contributed by atoms with Crippen molar-refractivity contribution in [3.63, 3.8) is 0 Å². The van der Waals surface area contributed by atoms with Crippen molar-refractivity contribution in [1.29, 1.82) is 0 Å². The lowest BCUT2D eigenvalue weighted by Crippen LogP contribution is -2.15. The number of carbonyl (C=O) groups is 1. The molecule has 1 aliphatic carbocycles. The lowest BCUT2D eigenvalue weighted by molar-refractivity contribution is -0.139. The van der Waals surface area contributed by atoms with Crippen LogP contribution in [0.25, 0.3) is 11.1 Å². The van der Waals surface area contributed by atoms with Crippen LogP contribution in [0.1, 0.15) is 55.1 Å². The highest BCUT2D eigenvalue weighted by Crippen LogP contribution is 2.57. The van der Waals surface area contributed by atoms with Crippen LogP contribution in [-0.2, 0) is 16.1 Å². The minimum atomic E-state index is -1.49. The summed E-state index contributed by atoms with van der Waals surface area (Å²) in [5.41, 5.74) is 2.33. The highest BCUT2D eigenvalue weighted by Gasteiger charge is 2.46. The molecule has 1 saturated carbocycles. The SMILES string of the molecule is COc1ccc(F)c(-c2ccc(COc3cccc([C@H](O)CC(=O)O)c3F)cc2[C@H](OC)C2(C)CC2)c1. The van der Waals surface area contributed by atoms with Gasteiger partial charge in [-0.2, -0.15) is 0 Å². The Bertz CT molecular complexity index is 1290. The summed E-state index contributed by atoms with van der Waals surface area (Å²) in [7, 11) is 3.16. The summed E-state index contributed by atoms with van der Waals surface area (Å²) in [6.45, 7) is 2.12. The van der Waals surface area contributed by atoms with Crippen LogP contribution < -0.4 is 9.47 Å². The highest BCUT2D eigenvalue weighted by atomic mass is 19.1. The van der Waals surface area contributed by atoms with E-state index in [-0.39, 0.29) is 35.3 Å². The molecular weight excluding hydrogens is 482 g/mol. The van der Waals surface area contributed by atoms with E-state index in [1.807, 2.05) is 6.07 Å². The second kappa shape index (κ2) is 10.9. The summed E-state index contributed by atoms with van der Waals surface area (Å²) in [5, 5.41) is 19.0. The lowest BCUT2D eigenvalue weighted by atomic mass is 9.87. The van der Waals surface area contributed by atoms with Crippen molar-refractivity contribution in [3.05, 3.63) is 82.9 Å². The summed E-state index contributed by atoms with van der Waals surface area (Å²) in [6, 6.07) is 14.3. The van der Waals surface area contributed by atoms with Crippen LogP contribution in [0.5, 0.6) is 11.5 Å². The number of rotatable bonds is 11. The third kappa shape index (κ3) is 5.76. The summed E-state index contributed by atoms with van der Waals surface area (Å²) < 4.78 is 46.8. The van der Waals surface area contributed by atoms with E-state index in [2.05, 4.69) is 6.92 Å². The van der Waals surface area contributed by atoms with Crippen LogP contribution in [0.15, 0.2) is 54.6 Å². The minimum Gasteiger partial charge on any atom is -0.497 e. The third-order valence-corrected chi connectivity index (χ3v) is 6.88. The van der Waals surface area contributed by atoms with E-state index in [0.717, 1.165) is 18.4 Å². The average Bonchev–Trinajstić information content (AvgIpc) is 3.61. The van der Waals surface area contributed by atoms with Crippen molar-refractivity contribution in [2.75, 3.05) is 14.2 Å². The Morgan fingerprint density at radius 2 is 1.78 bits per heavy atom. The van der Waals surface area contributed by atoms with E-state index in [1.165, 1.54) is 31.4 Å². The second-order valence-electron chi connectivity index (χ2n) is 9.60. The number of hydrogen-bond donors (Lipinski definition) is 2. The van der Waals surface area contributed by atoms with Gasteiger partial charge in [-0.15, -0.1) is 0 Å². The molecule has 3 aromatic carbocycles. The molecule has 2 atom stereocenters. The zero-order chi connectivity index (χ0) is 26.7. The molecule has 0 saturated heterocycles. The smallest absolute Gasteiger partial charge is 0.306 e. The summed E-state index contributed by atoms with van der Waals surface area (Å²) in [5.74, 6) is -2.02. The largest absolute Gasteiger partial charge is 0.497 e. The summed E-state index contributed by atoms with van der Waals surface area (Å²) >= 11 is 0. The molecule has 0 aromatic heterocycles. The zero-order valence-electron chi connectivity index (χ0n) is 21.0. The van der Waals surface area contributed by atoms with Gasteiger partial charge < -0.3 is 24.4 Å². The maximum atomic E-state index is 15.0. The van der Waals surface area contributed by atoms with E-state index in [4.69, 9.17) is 19.3 Å². The van der Waals surface area contributed by atoms with Crippen molar-refractivity contribution in [2.45, 2.75) is 45.0 Å². The molecule has 2 N–H and O–H groups in total. The van der Waals surface area contributed by atoms with Crippen LogP contribution in [-0.4, -0.2) is 30.4 Å². The Labute approximate surface area is 214 Å². The van der Waals surface area contributed by atoms with Crippen molar-refractivity contribution in [3.8, 4) is 22.6 Å². The molecule has 4 rings (SSSR count). The number of aliphatic carboxylic acids is 1. The molecule has 0 amide bonds. The molecule has 0 bridgehead atoms. The van der Waals surface area contributed by atoms with Gasteiger partial charge in [0, 0.05) is 18.2 Å². The fourth-order valence-electron chi connectivity index (χ4n) is 4.58. The maximum absolute atomic E-state index is 15.0. The van der Waals surface area contributed by atoms with Crippen molar-refractivity contribution >= 4 is 5.97 Å². The van der Waals surface area contributed by atoms with Crippen molar-refractivity contribution in [2.24, 2.45) is 5.41 Å². The van der Waals surface area contributed by atoms with E-state index >= 15 is 0 Å². The van der Waals surface area contributed by atoms with Gasteiger partial charge in [0.2, 0.25) is 0 Å². The van der Waals surface area contributed by atoms with Gasteiger partial charge in [0.15, 0.2) is 11.6 Å². The monoisotopic (exact) mass is 512 g/mol. The molecule has 0 aliphatic heterocycles. The maximum Gasteiger partial charge on any atom is 0.306 e. The van der Waals surface area contributed by atoms with Gasteiger partial charge in [-0.25, -0.2) is 8.78 Å². The van der Waals surface area contributed by atoms with Crippen molar-refractivity contribution in [1.82, 2.24) is 0 Å². The summed E-state index contributed by atoms with van der Waals surface area (Å²) in [6.07, 6.45) is -0.458. The number of benzene rings is 3. The molecule has 0 heterocycles. The molecule has 1 aliphatic rings. The fraction of sp³-hybridized carbons (Fsp3) is 0.345. The fourth-order valence-corrected chi connectivity index (χ4v) is 4.58. The van der Waals surface area contributed by atoms with E-state index in [1.54, 1.807) is 31.4 Å². The topological polar surface area (TPSA) is 85.2 Å². The standard InChI is InChI=1S/C29H30F2O6/c1-29(11-12-29)28(36-3)22-13-17(7-9-19(22)21-14-18(35-2)8-10-23(21)30)16-37-25-6-4-5-20(27(25)31)24(32)15-26(33)34/h4-10,13-14,24,28,32H,11-12,15-16H2,1-3H3,(H,33,34)/t24-,28+/m1/s1. The number of ether oxygens (including phenoxy) is 3. The molecule has 0 radical (unpaired) electrons. The van der Waals surface area contributed by atoms with Crippen LogP contribution in [0.3, 0.4) is 0 Å². The zero-order valence-corrected chi connectivity index (χ0v) is 21.0. The molecule has 8 heteroatoms. The van der Waals surface area contributed by atoms with E-state index in [0.29, 0.717) is 22.4 Å². The van der Waals surface area contributed by atoms with Gasteiger partial charge in [0.25, 0.3) is 0 Å². The van der Waals surface area contributed by atoms with Gasteiger partial charge in [-0.05, 0) is 65.3 Å². The quantitative estimate of drug-likeness (QED) is 0.318. The Balaban J connectivity index is 1.67. The first kappa shape index (κ1) is 26.6. The Morgan fingerprint density at radius 3 is 2.43 bits per heavy atom. The molecule has 196 valence electrons. The molecule has 1 fully saturated rings. The van der Waals surface area contributed by atoms with Gasteiger partial charge >= 0.3 is 5.97 Å². The first-order valence-electron chi connectivity index (χ1n) is 12.0. The van der Waals surface area contributed by atoms with Gasteiger partial charge in [0.1, 0.15) is 18.2 Å². The van der Waals surface area contributed by atoms with Gasteiger partial charge in [0.05, 0.1) is 25.7 Å². The molecule has 3 aromatic rings. The van der Waals surface area contributed by atoms with E-state index < -0.39 is 24.3 Å². The number of methoxy groups -OCH3 is 2. The molecule has 0 unspecified atom stereocenters. The van der Waals surface area contributed by atoms with Crippen LogP contribution in [0, 0.1) is 17.0 Å². The van der Waals surface area contributed by atoms with Gasteiger partial charge in [-0.3, -0.25) is 4.79 Å². The molecule has 6 nitrogen and oxygen atoms in total. The highest BCUT2D eigenvalue weighted by molar-refractivity contribution is 5.71. The lowest BCUT2D eigenvalue weighted by Gasteiger charge is -2.26. The predicted octanol–water partition coefficient (Wildman–Crippen LogP) is 6.22. The third-order valence-electron chi connectivity index (χ3n) is 6.88. The predicted molar refractivity (Wildman–Crippen MR) is 133 cm³/mol. The van der Waals surface area contributed by atoms with E-state index in [9.17, 15) is 18.7 Å². The van der Waals surface area contributed by atoms with Crippen molar-refractivity contribution < 1.29 is 38.0 Å². The molecule has 37 heavy (non-hydrogen) atoms. The number of aliphatic hydroxyl groups excluding tert-OH is 1. The minimum absolute atomic E-state index is 0.00355. The number of carboxylic acids is 1. The normalized spacial score (nSPS) is 15.6. The summed E-state index contributed by atoms with van der Waals surface area (Å²) in [4.78, 5) is 10.9. The van der Waals surface area contributed by atoms with Gasteiger partial charge in [-0.1, -0.05) is 31.2 Å². The average molecular weight is 513 g/mol. The van der Waals surface area contributed by atoms with Crippen LogP contribution in [0.4, 0.5) is 8.78 Å². The molecule has 0 spiro atoms. The number of carboxylic acid groups (broad SMARTS) is 1. The molecular formula is C29H30F2O6. The Kier molecular flexibility index (Phi) is 7.80.